The second-order valence-corrected chi connectivity index (χ2v) is 3.88. The quantitative estimate of drug-likeness (QED) is 0.817. The molecule has 0 unspecified atom stereocenters. The SMILES string of the molecule is CCNCC.CCc1cccc(C)c1CC. The molecular weight excluding hydrogens is 194 g/mol. The standard InChI is InChI=1S/C11H16.C4H11N/c1-4-10-8-6-7-9(3)11(10)5-2;1-3-5-4-2/h6-8H,4-5H2,1-3H3;5H,3-4H2,1-2H3. The lowest BCUT2D eigenvalue weighted by atomic mass is 9.98. The highest BCUT2D eigenvalue weighted by Gasteiger charge is 1.99. The summed E-state index contributed by atoms with van der Waals surface area (Å²) in [4.78, 5) is 0. The molecule has 0 aliphatic heterocycles. The van der Waals surface area contributed by atoms with E-state index in [-0.39, 0.29) is 0 Å². The number of benzene rings is 1. The van der Waals surface area contributed by atoms with Crippen LogP contribution in [0.15, 0.2) is 18.2 Å². The summed E-state index contributed by atoms with van der Waals surface area (Å²) in [6.45, 7) is 13.0. The molecule has 0 saturated heterocycles. The lowest BCUT2D eigenvalue weighted by Crippen LogP contribution is -2.09. The van der Waals surface area contributed by atoms with Crippen molar-refractivity contribution in [2.45, 2.75) is 47.5 Å². The first kappa shape index (κ1) is 15.2. The summed E-state index contributed by atoms with van der Waals surface area (Å²) in [6, 6.07) is 6.57. The van der Waals surface area contributed by atoms with Gasteiger partial charge in [0.1, 0.15) is 0 Å². The Kier molecular flexibility index (Phi) is 8.93. The average molecular weight is 221 g/mol. The third-order valence-corrected chi connectivity index (χ3v) is 2.74. The zero-order chi connectivity index (χ0) is 12.4. The molecule has 1 aromatic rings. The molecule has 1 heteroatoms. The summed E-state index contributed by atoms with van der Waals surface area (Å²) in [6.07, 6.45) is 2.32. The highest BCUT2D eigenvalue weighted by Crippen LogP contribution is 2.14. The summed E-state index contributed by atoms with van der Waals surface area (Å²) in [5.41, 5.74) is 4.48. The molecule has 0 radical (unpaired) electrons. The van der Waals surface area contributed by atoms with Crippen molar-refractivity contribution in [1.82, 2.24) is 5.32 Å². The van der Waals surface area contributed by atoms with Crippen LogP contribution in [0, 0.1) is 6.92 Å². The lowest BCUT2D eigenvalue weighted by Gasteiger charge is -2.07. The van der Waals surface area contributed by atoms with Crippen LogP contribution in [-0.4, -0.2) is 13.1 Å². The van der Waals surface area contributed by atoms with E-state index in [0.717, 1.165) is 25.9 Å². The van der Waals surface area contributed by atoms with E-state index in [1.54, 1.807) is 0 Å². The summed E-state index contributed by atoms with van der Waals surface area (Å²) in [5.74, 6) is 0. The Bertz CT molecular complexity index is 277. The van der Waals surface area contributed by atoms with Gasteiger partial charge in [0.25, 0.3) is 0 Å². The Morgan fingerprint density at radius 2 is 1.56 bits per heavy atom. The van der Waals surface area contributed by atoms with Crippen LogP contribution in [0.3, 0.4) is 0 Å². The monoisotopic (exact) mass is 221 g/mol. The molecule has 0 saturated carbocycles. The molecule has 1 aromatic carbocycles. The number of hydrogen-bond acceptors (Lipinski definition) is 1. The highest BCUT2D eigenvalue weighted by atomic mass is 14.8. The zero-order valence-electron chi connectivity index (χ0n) is 11.6. The van der Waals surface area contributed by atoms with Gasteiger partial charge in [0.15, 0.2) is 0 Å². The molecule has 0 aliphatic rings. The van der Waals surface area contributed by atoms with Crippen LogP contribution >= 0.6 is 0 Å². The number of hydrogen-bond donors (Lipinski definition) is 1. The van der Waals surface area contributed by atoms with E-state index in [1.165, 1.54) is 16.7 Å². The van der Waals surface area contributed by atoms with Crippen molar-refractivity contribution in [3.63, 3.8) is 0 Å². The van der Waals surface area contributed by atoms with Crippen molar-refractivity contribution in [2.24, 2.45) is 0 Å². The largest absolute Gasteiger partial charge is 0.317 e. The minimum absolute atomic E-state index is 1.09. The van der Waals surface area contributed by atoms with E-state index in [4.69, 9.17) is 0 Å². The average Bonchev–Trinajstić information content (AvgIpc) is 2.30. The van der Waals surface area contributed by atoms with Gasteiger partial charge in [-0.25, -0.2) is 0 Å². The molecule has 1 nitrogen and oxygen atoms in total. The zero-order valence-corrected chi connectivity index (χ0v) is 11.6. The normalized spacial score (nSPS) is 9.56. The molecule has 0 fully saturated rings. The molecule has 92 valence electrons. The van der Waals surface area contributed by atoms with Gasteiger partial charge in [-0.3, -0.25) is 0 Å². The molecule has 1 rings (SSSR count). The maximum atomic E-state index is 3.11. The molecule has 0 atom stereocenters. The molecule has 1 N–H and O–H groups in total. The summed E-state index contributed by atoms with van der Waals surface area (Å²) < 4.78 is 0. The Balaban J connectivity index is 0.000000385. The van der Waals surface area contributed by atoms with Crippen LogP contribution in [0.4, 0.5) is 0 Å². The van der Waals surface area contributed by atoms with Gasteiger partial charge in [-0.2, -0.15) is 0 Å². The van der Waals surface area contributed by atoms with E-state index < -0.39 is 0 Å². The van der Waals surface area contributed by atoms with Crippen molar-refractivity contribution in [1.29, 1.82) is 0 Å². The van der Waals surface area contributed by atoms with Gasteiger partial charge in [0, 0.05) is 0 Å². The van der Waals surface area contributed by atoms with Crippen molar-refractivity contribution < 1.29 is 0 Å². The molecular formula is C15H27N. The summed E-state index contributed by atoms with van der Waals surface area (Å²) in [7, 11) is 0. The van der Waals surface area contributed by atoms with Crippen LogP contribution in [0.5, 0.6) is 0 Å². The minimum Gasteiger partial charge on any atom is -0.317 e. The fraction of sp³-hybridized carbons (Fsp3) is 0.600. The van der Waals surface area contributed by atoms with Crippen LogP contribution in [0.25, 0.3) is 0 Å². The minimum atomic E-state index is 1.09. The van der Waals surface area contributed by atoms with E-state index in [9.17, 15) is 0 Å². The van der Waals surface area contributed by atoms with Crippen LogP contribution in [0.2, 0.25) is 0 Å². The second-order valence-electron chi connectivity index (χ2n) is 3.88. The topological polar surface area (TPSA) is 12.0 Å². The van der Waals surface area contributed by atoms with Crippen molar-refractivity contribution in [3.8, 4) is 0 Å². The Hall–Kier alpha value is -0.820. The van der Waals surface area contributed by atoms with Gasteiger partial charge in [-0.15, -0.1) is 0 Å². The third-order valence-electron chi connectivity index (χ3n) is 2.74. The van der Waals surface area contributed by atoms with Gasteiger partial charge < -0.3 is 5.32 Å². The molecule has 0 heterocycles. The fourth-order valence-corrected chi connectivity index (χ4v) is 1.85. The summed E-state index contributed by atoms with van der Waals surface area (Å²) >= 11 is 0. The maximum Gasteiger partial charge on any atom is -0.00775 e. The smallest absolute Gasteiger partial charge is 0.00775 e. The van der Waals surface area contributed by atoms with Crippen molar-refractivity contribution >= 4 is 0 Å². The predicted octanol–water partition coefficient (Wildman–Crippen LogP) is 3.74. The van der Waals surface area contributed by atoms with Crippen molar-refractivity contribution in [3.05, 3.63) is 34.9 Å². The van der Waals surface area contributed by atoms with E-state index in [0.29, 0.717) is 0 Å². The first-order valence-corrected chi connectivity index (χ1v) is 6.49. The lowest BCUT2D eigenvalue weighted by molar-refractivity contribution is 0.762. The Labute approximate surface area is 101 Å². The molecule has 0 spiro atoms. The predicted molar refractivity (Wildman–Crippen MR) is 74.2 cm³/mol. The molecule has 0 bridgehead atoms. The molecule has 0 aromatic heterocycles. The van der Waals surface area contributed by atoms with Crippen LogP contribution in [0.1, 0.15) is 44.4 Å². The van der Waals surface area contributed by atoms with Crippen molar-refractivity contribution in [2.75, 3.05) is 13.1 Å². The van der Waals surface area contributed by atoms with Gasteiger partial charge in [-0.05, 0) is 49.5 Å². The number of nitrogens with one attached hydrogen (secondary N) is 1. The molecule has 16 heavy (non-hydrogen) atoms. The van der Waals surface area contributed by atoms with Gasteiger partial charge in [0.2, 0.25) is 0 Å². The fourth-order valence-electron chi connectivity index (χ4n) is 1.85. The number of rotatable bonds is 4. The molecule has 0 amide bonds. The van der Waals surface area contributed by atoms with Crippen LogP contribution in [-0.2, 0) is 12.8 Å². The Morgan fingerprint density at radius 3 is 1.88 bits per heavy atom. The number of aryl methyl sites for hydroxylation is 2. The first-order chi connectivity index (χ1) is 7.71. The van der Waals surface area contributed by atoms with E-state index >= 15 is 0 Å². The van der Waals surface area contributed by atoms with Gasteiger partial charge in [0.05, 0.1) is 0 Å². The Morgan fingerprint density at radius 1 is 0.938 bits per heavy atom. The highest BCUT2D eigenvalue weighted by molar-refractivity contribution is 5.34. The third kappa shape index (κ3) is 5.32. The molecule has 0 aliphatic carbocycles. The summed E-state index contributed by atoms with van der Waals surface area (Å²) in [5, 5.41) is 3.11. The second kappa shape index (κ2) is 9.41. The maximum absolute atomic E-state index is 3.11. The van der Waals surface area contributed by atoms with Crippen LogP contribution < -0.4 is 5.32 Å². The van der Waals surface area contributed by atoms with Gasteiger partial charge >= 0.3 is 0 Å². The van der Waals surface area contributed by atoms with E-state index in [1.807, 2.05) is 0 Å². The van der Waals surface area contributed by atoms with Gasteiger partial charge in [-0.1, -0.05) is 45.9 Å². The first-order valence-electron chi connectivity index (χ1n) is 6.49. The van der Waals surface area contributed by atoms with E-state index in [2.05, 4.69) is 58.1 Å².